The van der Waals surface area contributed by atoms with Crippen LogP contribution in [0.1, 0.15) is 18.9 Å². The second-order valence-corrected chi connectivity index (χ2v) is 5.88. The van der Waals surface area contributed by atoms with Gasteiger partial charge in [-0.3, -0.25) is 9.59 Å². The lowest BCUT2D eigenvalue weighted by Gasteiger charge is -2.13. The van der Waals surface area contributed by atoms with E-state index in [-0.39, 0.29) is 23.5 Å². The average molecular weight is 317 g/mol. The van der Waals surface area contributed by atoms with Crippen molar-refractivity contribution in [3.05, 3.63) is 35.8 Å². The molecule has 1 aromatic carbocycles. The van der Waals surface area contributed by atoms with Crippen LogP contribution in [-0.4, -0.2) is 41.3 Å². The molecule has 6 heteroatoms. The van der Waals surface area contributed by atoms with Gasteiger partial charge in [-0.15, -0.1) is 0 Å². The third kappa shape index (κ3) is 3.21. The summed E-state index contributed by atoms with van der Waals surface area (Å²) in [7, 11) is 0. The predicted octanol–water partition coefficient (Wildman–Crippen LogP) is 1.83. The van der Waals surface area contributed by atoms with Crippen LogP contribution in [0.4, 0.5) is 4.39 Å². The van der Waals surface area contributed by atoms with Crippen LogP contribution in [0.25, 0.3) is 10.9 Å². The van der Waals surface area contributed by atoms with Crippen LogP contribution in [0.3, 0.4) is 0 Å². The highest BCUT2D eigenvalue weighted by molar-refractivity contribution is 5.89. The van der Waals surface area contributed by atoms with E-state index >= 15 is 0 Å². The maximum absolute atomic E-state index is 13.2. The Kier molecular flexibility index (Phi) is 4.32. The van der Waals surface area contributed by atoms with E-state index in [0.717, 1.165) is 16.5 Å². The molecule has 2 aromatic rings. The first-order valence-electron chi connectivity index (χ1n) is 7.89. The zero-order valence-corrected chi connectivity index (χ0v) is 13.1. The van der Waals surface area contributed by atoms with Gasteiger partial charge in [-0.25, -0.2) is 4.39 Å². The number of hydrogen-bond donors (Lipinski definition) is 2. The van der Waals surface area contributed by atoms with Crippen molar-refractivity contribution in [3.63, 3.8) is 0 Å². The second kappa shape index (κ2) is 6.40. The minimum atomic E-state index is -0.273. The van der Waals surface area contributed by atoms with Crippen LogP contribution in [0.2, 0.25) is 0 Å². The fraction of sp³-hybridized carbons (Fsp3) is 0.412. The van der Waals surface area contributed by atoms with Crippen LogP contribution in [0, 0.1) is 11.7 Å². The van der Waals surface area contributed by atoms with Gasteiger partial charge in [0.15, 0.2) is 0 Å². The van der Waals surface area contributed by atoms with Crippen molar-refractivity contribution in [2.24, 2.45) is 5.92 Å². The van der Waals surface area contributed by atoms with E-state index in [9.17, 15) is 14.0 Å². The van der Waals surface area contributed by atoms with Crippen molar-refractivity contribution >= 4 is 22.7 Å². The Balaban J connectivity index is 1.55. The molecule has 1 fully saturated rings. The lowest BCUT2D eigenvalue weighted by Crippen LogP contribution is -2.34. The summed E-state index contributed by atoms with van der Waals surface area (Å²) in [6, 6.07) is 4.63. The van der Waals surface area contributed by atoms with Crippen molar-refractivity contribution < 1.29 is 14.0 Å². The third-order valence-electron chi connectivity index (χ3n) is 4.39. The van der Waals surface area contributed by atoms with E-state index < -0.39 is 0 Å². The summed E-state index contributed by atoms with van der Waals surface area (Å²) < 4.78 is 13.2. The van der Waals surface area contributed by atoms with Crippen molar-refractivity contribution in [1.29, 1.82) is 0 Å². The molecule has 2 amide bonds. The molecule has 3 rings (SSSR count). The summed E-state index contributed by atoms with van der Waals surface area (Å²) in [5, 5.41) is 3.86. The number of nitrogens with one attached hydrogen (secondary N) is 2. The largest absolute Gasteiger partial charge is 0.361 e. The number of hydrogen-bond acceptors (Lipinski definition) is 2. The lowest BCUT2D eigenvalue weighted by atomic mass is 10.1. The van der Waals surface area contributed by atoms with Crippen molar-refractivity contribution in [2.75, 3.05) is 19.6 Å². The third-order valence-corrected chi connectivity index (χ3v) is 4.39. The number of carbonyl (C=O) groups excluding carboxylic acids is 2. The molecule has 1 saturated heterocycles. The van der Waals surface area contributed by atoms with E-state index in [0.29, 0.717) is 32.5 Å². The van der Waals surface area contributed by atoms with Gasteiger partial charge in [0.05, 0.1) is 5.92 Å². The molecule has 122 valence electrons. The molecule has 1 aliphatic heterocycles. The Morgan fingerprint density at radius 2 is 2.30 bits per heavy atom. The summed E-state index contributed by atoms with van der Waals surface area (Å²) in [6.07, 6.45) is 2.80. The Labute approximate surface area is 133 Å². The maximum Gasteiger partial charge on any atom is 0.225 e. The number of carbonyl (C=O) groups is 2. The quantitative estimate of drug-likeness (QED) is 0.884. The normalized spacial score (nSPS) is 17.9. The van der Waals surface area contributed by atoms with Gasteiger partial charge in [-0.05, 0) is 37.1 Å². The highest BCUT2D eigenvalue weighted by Crippen LogP contribution is 2.20. The van der Waals surface area contributed by atoms with Crippen LogP contribution >= 0.6 is 0 Å². The van der Waals surface area contributed by atoms with Gasteiger partial charge in [0, 0.05) is 43.2 Å². The zero-order valence-electron chi connectivity index (χ0n) is 13.1. The molecule has 1 atom stereocenters. The van der Waals surface area contributed by atoms with Crippen molar-refractivity contribution in [3.8, 4) is 0 Å². The molecular formula is C17H20FN3O2. The predicted molar refractivity (Wildman–Crippen MR) is 85.3 cm³/mol. The first-order chi connectivity index (χ1) is 11.1. The second-order valence-electron chi connectivity index (χ2n) is 5.88. The van der Waals surface area contributed by atoms with Crippen molar-refractivity contribution in [1.82, 2.24) is 15.2 Å². The number of likely N-dealkylation sites (tertiary alicyclic amines) is 1. The molecule has 0 saturated carbocycles. The number of aromatic amines is 1. The van der Waals surface area contributed by atoms with Gasteiger partial charge in [0.1, 0.15) is 5.82 Å². The van der Waals surface area contributed by atoms with Gasteiger partial charge < -0.3 is 15.2 Å². The number of H-pyrrole nitrogens is 1. The monoisotopic (exact) mass is 317 g/mol. The fourth-order valence-electron chi connectivity index (χ4n) is 3.08. The molecule has 1 aromatic heterocycles. The van der Waals surface area contributed by atoms with Gasteiger partial charge in [0.2, 0.25) is 11.8 Å². The summed E-state index contributed by atoms with van der Waals surface area (Å²) in [5.41, 5.74) is 1.80. The van der Waals surface area contributed by atoms with Crippen LogP contribution < -0.4 is 5.32 Å². The molecule has 0 aliphatic carbocycles. The van der Waals surface area contributed by atoms with Gasteiger partial charge in [-0.1, -0.05) is 0 Å². The number of amides is 2. The average Bonchev–Trinajstić information content (AvgIpc) is 3.10. The summed E-state index contributed by atoms with van der Waals surface area (Å²) in [6.45, 7) is 3.57. The van der Waals surface area contributed by atoms with E-state index in [2.05, 4.69) is 10.3 Å². The number of aromatic nitrogens is 1. The molecule has 2 N–H and O–H groups in total. The van der Waals surface area contributed by atoms with E-state index in [1.54, 1.807) is 11.0 Å². The van der Waals surface area contributed by atoms with Gasteiger partial charge >= 0.3 is 0 Å². The van der Waals surface area contributed by atoms with Gasteiger partial charge in [0.25, 0.3) is 0 Å². The molecule has 5 nitrogen and oxygen atoms in total. The highest BCUT2D eigenvalue weighted by atomic mass is 19.1. The molecule has 0 unspecified atom stereocenters. The molecule has 1 aliphatic rings. The molecule has 0 radical (unpaired) electrons. The number of rotatable bonds is 5. The van der Waals surface area contributed by atoms with Gasteiger partial charge in [-0.2, -0.15) is 0 Å². The molecule has 0 spiro atoms. The molecule has 2 heterocycles. The Morgan fingerprint density at radius 3 is 3.04 bits per heavy atom. The van der Waals surface area contributed by atoms with Crippen LogP contribution in [0.5, 0.6) is 0 Å². The number of halogens is 1. The fourth-order valence-corrected chi connectivity index (χ4v) is 3.08. The Hall–Kier alpha value is -2.37. The number of fused-ring (bicyclic) bond motifs is 1. The van der Waals surface area contributed by atoms with Crippen molar-refractivity contribution in [2.45, 2.75) is 19.8 Å². The van der Waals surface area contributed by atoms with Crippen LogP contribution in [-0.2, 0) is 16.0 Å². The van der Waals surface area contributed by atoms with E-state index in [1.165, 1.54) is 12.1 Å². The molecule has 0 bridgehead atoms. The summed E-state index contributed by atoms with van der Waals surface area (Å²) in [4.78, 5) is 28.6. The SMILES string of the molecule is CCN1C[C@@H](C(=O)NCCc2c[nH]c3cc(F)ccc23)CC1=O. The van der Waals surface area contributed by atoms with E-state index in [1.807, 2.05) is 13.1 Å². The standard InChI is InChI=1S/C17H20FN3O2/c1-2-21-10-12(7-16(21)22)17(23)19-6-5-11-9-20-15-8-13(18)3-4-14(11)15/h3-4,8-9,12,20H,2,5-7,10H2,1H3,(H,19,23)/t12-/m0/s1. The minimum absolute atomic E-state index is 0.0475. The topological polar surface area (TPSA) is 65.2 Å². The summed E-state index contributed by atoms with van der Waals surface area (Å²) >= 11 is 0. The number of benzene rings is 1. The lowest BCUT2D eigenvalue weighted by molar-refractivity contribution is -0.128. The van der Waals surface area contributed by atoms with Crippen LogP contribution in [0.15, 0.2) is 24.4 Å². The number of nitrogens with zero attached hydrogens (tertiary/aromatic N) is 1. The highest BCUT2D eigenvalue weighted by Gasteiger charge is 2.33. The Bertz CT molecular complexity index is 741. The van der Waals surface area contributed by atoms with E-state index in [4.69, 9.17) is 0 Å². The minimum Gasteiger partial charge on any atom is -0.361 e. The zero-order chi connectivity index (χ0) is 16.4. The molecule has 23 heavy (non-hydrogen) atoms. The Morgan fingerprint density at radius 1 is 1.48 bits per heavy atom. The first-order valence-corrected chi connectivity index (χ1v) is 7.89. The first kappa shape index (κ1) is 15.5. The summed E-state index contributed by atoms with van der Waals surface area (Å²) in [5.74, 6) is -0.545. The maximum atomic E-state index is 13.2. The smallest absolute Gasteiger partial charge is 0.225 e. The molecular weight excluding hydrogens is 297 g/mol.